The molecule has 0 saturated heterocycles. The molecule has 1 unspecified atom stereocenters. The molecule has 0 aliphatic heterocycles. The van der Waals surface area contributed by atoms with Gasteiger partial charge in [0.25, 0.3) is 0 Å². The van der Waals surface area contributed by atoms with E-state index in [1.54, 1.807) is 13.8 Å². The van der Waals surface area contributed by atoms with Crippen molar-refractivity contribution in [1.82, 2.24) is 5.32 Å². The van der Waals surface area contributed by atoms with Crippen molar-refractivity contribution in [2.24, 2.45) is 0 Å². The van der Waals surface area contributed by atoms with E-state index in [2.05, 4.69) is 31.4 Å². The minimum Gasteiger partial charge on any atom is -0.466 e. The Morgan fingerprint density at radius 1 is 1.18 bits per heavy atom. The van der Waals surface area contributed by atoms with Gasteiger partial charge in [-0.2, -0.15) is 0 Å². The first-order valence-electron chi connectivity index (χ1n) is 7.56. The van der Waals surface area contributed by atoms with Gasteiger partial charge in [-0.15, -0.1) is 0 Å². The molecule has 0 radical (unpaired) electrons. The Morgan fingerprint density at radius 3 is 2.27 bits per heavy atom. The van der Waals surface area contributed by atoms with Crippen molar-refractivity contribution in [1.29, 1.82) is 0 Å². The molecule has 22 heavy (non-hydrogen) atoms. The Morgan fingerprint density at radius 2 is 1.77 bits per heavy atom. The van der Waals surface area contributed by atoms with E-state index >= 15 is 0 Å². The van der Waals surface area contributed by atoms with E-state index in [-0.39, 0.29) is 29.9 Å². The number of anilines is 1. The first-order valence-corrected chi connectivity index (χ1v) is 7.56. The first kappa shape index (κ1) is 18.0. The van der Waals surface area contributed by atoms with Crippen LogP contribution in [0, 0.1) is 0 Å². The van der Waals surface area contributed by atoms with Gasteiger partial charge in [-0.05, 0) is 37.0 Å². The van der Waals surface area contributed by atoms with Crippen molar-refractivity contribution in [3.63, 3.8) is 0 Å². The van der Waals surface area contributed by atoms with Gasteiger partial charge < -0.3 is 15.4 Å². The van der Waals surface area contributed by atoms with E-state index in [0.717, 1.165) is 0 Å². The zero-order valence-corrected chi connectivity index (χ0v) is 14.0. The molecule has 1 aromatic rings. The van der Waals surface area contributed by atoms with E-state index in [4.69, 9.17) is 4.74 Å². The number of carbonyl (C=O) groups is 2. The second-order valence-electron chi connectivity index (χ2n) is 6.34. The molecule has 1 aromatic carbocycles. The fourth-order valence-corrected chi connectivity index (χ4v) is 1.97. The third-order valence-corrected chi connectivity index (χ3v) is 3.16. The predicted molar refractivity (Wildman–Crippen MR) is 88.0 cm³/mol. The highest BCUT2D eigenvalue weighted by Crippen LogP contribution is 2.23. The van der Waals surface area contributed by atoms with Crippen LogP contribution in [0.1, 0.15) is 46.6 Å². The third-order valence-electron chi connectivity index (χ3n) is 3.16. The van der Waals surface area contributed by atoms with Crippen molar-refractivity contribution in [2.45, 2.75) is 52.5 Å². The molecular formula is C17H26N2O3. The van der Waals surface area contributed by atoms with Crippen molar-refractivity contribution >= 4 is 17.7 Å². The summed E-state index contributed by atoms with van der Waals surface area (Å²) in [7, 11) is 0. The summed E-state index contributed by atoms with van der Waals surface area (Å²) in [5.41, 5.74) is 2.00. The summed E-state index contributed by atoms with van der Waals surface area (Å²) in [4.78, 5) is 23.2. The van der Waals surface area contributed by atoms with Crippen molar-refractivity contribution < 1.29 is 14.3 Å². The lowest BCUT2D eigenvalue weighted by molar-refractivity contribution is -0.143. The fraction of sp³-hybridized carbons (Fsp3) is 0.529. The molecular weight excluding hydrogens is 280 g/mol. The van der Waals surface area contributed by atoms with Gasteiger partial charge in [-0.3, -0.25) is 4.79 Å². The largest absolute Gasteiger partial charge is 0.466 e. The van der Waals surface area contributed by atoms with Crippen LogP contribution in [-0.2, 0) is 14.9 Å². The number of amides is 2. The smallest absolute Gasteiger partial charge is 0.319 e. The molecule has 0 aliphatic rings. The van der Waals surface area contributed by atoms with E-state index in [9.17, 15) is 9.59 Å². The predicted octanol–water partition coefficient (Wildman–Crippen LogP) is 3.45. The molecule has 0 saturated carbocycles. The number of ether oxygens (including phenoxy) is 1. The van der Waals surface area contributed by atoms with Crippen LogP contribution in [0.5, 0.6) is 0 Å². The molecule has 0 fully saturated rings. The number of esters is 1. The number of rotatable bonds is 5. The molecule has 0 spiro atoms. The number of carbonyl (C=O) groups excluding carboxylic acids is 2. The Hall–Kier alpha value is -2.04. The third kappa shape index (κ3) is 6.16. The zero-order chi connectivity index (χ0) is 16.8. The number of hydrogen-bond donors (Lipinski definition) is 2. The van der Waals surface area contributed by atoms with Crippen molar-refractivity contribution in [3.05, 3.63) is 29.8 Å². The average Bonchev–Trinajstić information content (AvgIpc) is 2.37. The highest BCUT2D eigenvalue weighted by Gasteiger charge is 2.14. The first-order chi connectivity index (χ1) is 10.2. The average molecular weight is 306 g/mol. The molecule has 5 heteroatoms. The van der Waals surface area contributed by atoms with Crippen LogP contribution in [0.2, 0.25) is 0 Å². The summed E-state index contributed by atoms with van der Waals surface area (Å²) in [6.45, 7) is 10.3. The molecule has 2 amide bonds. The minimum absolute atomic E-state index is 0.0783. The molecule has 0 aromatic heterocycles. The maximum absolute atomic E-state index is 11.9. The summed E-state index contributed by atoms with van der Waals surface area (Å²) in [6.07, 6.45) is 0.157. The summed E-state index contributed by atoms with van der Waals surface area (Å²) in [5.74, 6) is -0.315. The van der Waals surface area contributed by atoms with E-state index < -0.39 is 0 Å². The zero-order valence-electron chi connectivity index (χ0n) is 14.0. The lowest BCUT2D eigenvalue weighted by Gasteiger charge is -2.19. The fourth-order valence-electron chi connectivity index (χ4n) is 1.97. The number of urea groups is 1. The van der Waals surface area contributed by atoms with Gasteiger partial charge in [-0.25, -0.2) is 4.79 Å². The SMILES string of the molecule is CCOC(=O)CC(C)NC(=O)Nc1ccc(C(C)(C)C)cc1. The molecule has 0 bridgehead atoms. The Bertz CT molecular complexity index is 504. The number of nitrogens with one attached hydrogen (secondary N) is 2. The molecule has 122 valence electrons. The van der Waals surface area contributed by atoms with Crippen molar-refractivity contribution in [2.75, 3.05) is 11.9 Å². The molecule has 1 atom stereocenters. The van der Waals surface area contributed by atoms with Crippen LogP contribution >= 0.6 is 0 Å². The molecule has 0 aliphatic carbocycles. The molecule has 2 N–H and O–H groups in total. The second-order valence-corrected chi connectivity index (χ2v) is 6.34. The van der Waals surface area contributed by atoms with Gasteiger partial charge in [0.1, 0.15) is 0 Å². The number of hydrogen-bond acceptors (Lipinski definition) is 3. The van der Waals surface area contributed by atoms with Crippen LogP contribution in [0.15, 0.2) is 24.3 Å². The highest BCUT2D eigenvalue weighted by molar-refractivity contribution is 5.89. The normalized spacial score (nSPS) is 12.4. The maximum Gasteiger partial charge on any atom is 0.319 e. The van der Waals surface area contributed by atoms with Gasteiger partial charge in [0.05, 0.1) is 13.0 Å². The Labute approximate surface area is 132 Å². The summed E-state index contributed by atoms with van der Waals surface area (Å²) in [5, 5.41) is 5.47. The highest BCUT2D eigenvalue weighted by atomic mass is 16.5. The summed E-state index contributed by atoms with van der Waals surface area (Å²) in [6, 6.07) is 7.12. The van der Waals surface area contributed by atoms with Gasteiger partial charge in [0, 0.05) is 11.7 Å². The van der Waals surface area contributed by atoms with Gasteiger partial charge in [0.15, 0.2) is 0 Å². The Balaban J connectivity index is 2.49. The molecule has 5 nitrogen and oxygen atoms in total. The topological polar surface area (TPSA) is 67.4 Å². The minimum atomic E-state index is -0.333. The molecule has 1 rings (SSSR count). The van der Waals surface area contributed by atoms with Crippen LogP contribution in [-0.4, -0.2) is 24.6 Å². The van der Waals surface area contributed by atoms with E-state index in [1.807, 2.05) is 24.3 Å². The lowest BCUT2D eigenvalue weighted by atomic mass is 9.87. The van der Waals surface area contributed by atoms with E-state index in [1.165, 1.54) is 5.56 Å². The van der Waals surface area contributed by atoms with E-state index in [0.29, 0.717) is 12.3 Å². The van der Waals surface area contributed by atoms with Crippen LogP contribution in [0.4, 0.5) is 10.5 Å². The van der Waals surface area contributed by atoms with Crippen LogP contribution in [0.3, 0.4) is 0 Å². The van der Waals surface area contributed by atoms with Crippen LogP contribution in [0.25, 0.3) is 0 Å². The molecule has 0 heterocycles. The summed E-state index contributed by atoms with van der Waals surface area (Å²) < 4.78 is 4.85. The lowest BCUT2D eigenvalue weighted by Crippen LogP contribution is -2.37. The van der Waals surface area contributed by atoms with Gasteiger partial charge in [0.2, 0.25) is 0 Å². The monoisotopic (exact) mass is 306 g/mol. The Kier molecular flexibility index (Phi) is 6.40. The second kappa shape index (κ2) is 7.82. The van der Waals surface area contributed by atoms with Crippen LogP contribution < -0.4 is 10.6 Å². The maximum atomic E-state index is 11.9. The van der Waals surface area contributed by atoms with Crippen molar-refractivity contribution in [3.8, 4) is 0 Å². The van der Waals surface area contributed by atoms with Gasteiger partial charge >= 0.3 is 12.0 Å². The summed E-state index contributed by atoms with van der Waals surface area (Å²) >= 11 is 0. The van der Waals surface area contributed by atoms with Gasteiger partial charge in [-0.1, -0.05) is 32.9 Å². The quantitative estimate of drug-likeness (QED) is 0.819. The standard InChI is InChI=1S/C17H26N2O3/c1-6-22-15(20)11-12(2)18-16(21)19-14-9-7-13(8-10-14)17(3,4)5/h7-10,12H,6,11H2,1-5H3,(H2,18,19,21). The number of benzene rings is 1.